The van der Waals surface area contributed by atoms with Crippen molar-refractivity contribution in [3.8, 4) is 0 Å². The van der Waals surface area contributed by atoms with Crippen LogP contribution in [0.15, 0.2) is 9.59 Å². The van der Waals surface area contributed by atoms with Gasteiger partial charge in [-0.2, -0.15) is 0 Å². The molecule has 0 aliphatic carbocycles. The average molecular weight is 200 g/mol. The highest BCUT2D eigenvalue weighted by atomic mass is 16.2. The second kappa shape index (κ2) is 5.43. The first-order chi connectivity index (χ1) is 6.75. The van der Waals surface area contributed by atoms with E-state index in [-0.39, 0.29) is 11.4 Å². The predicted octanol–water partition coefficient (Wildman–Crippen LogP) is -0.616. The van der Waals surface area contributed by atoms with E-state index in [2.05, 4.69) is 10.2 Å². The van der Waals surface area contributed by atoms with Gasteiger partial charge in [0, 0.05) is 6.54 Å². The van der Waals surface area contributed by atoms with E-state index in [4.69, 9.17) is 5.73 Å². The van der Waals surface area contributed by atoms with Crippen LogP contribution in [0.25, 0.3) is 0 Å². The lowest BCUT2D eigenvalue weighted by molar-refractivity contribution is 0.555. The zero-order valence-electron chi connectivity index (χ0n) is 8.08. The second-order valence-corrected chi connectivity index (χ2v) is 3.21. The minimum absolute atomic E-state index is 0.367. The summed E-state index contributed by atoms with van der Waals surface area (Å²) in [5.41, 5.74) is 4.60. The van der Waals surface area contributed by atoms with Gasteiger partial charge in [0.05, 0.1) is 0 Å². The van der Waals surface area contributed by atoms with Crippen LogP contribution < -0.4 is 17.1 Å². The zero-order valence-corrected chi connectivity index (χ0v) is 8.08. The summed E-state index contributed by atoms with van der Waals surface area (Å²) in [5, 5.41) is 4.48. The molecule has 0 atom stereocenters. The van der Waals surface area contributed by atoms with E-state index in [1.165, 1.54) is 4.57 Å². The molecule has 14 heavy (non-hydrogen) atoms. The first-order valence-corrected chi connectivity index (χ1v) is 4.83. The van der Waals surface area contributed by atoms with Gasteiger partial charge in [-0.05, 0) is 19.4 Å². The summed E-state index contributed by atoms with van der Waals surface area (Å²) >= 11 is 0. The molecule has 0 fully saturated rings. The van der Waals surface area contributed by atoms with Crippen LogP contribution in [0.3, 0.4) is 0 Å². The van der Waals surface area contributed by atoms with Gasteiger partial charge >= 0.3 is 11.4 Å². The first kappa shape index (κ1) is 10.8. The maximum absolute atomic E-state index is 11.0. The summed E-state index contributed by atoms with van der Waals surface area (Å²) in [6, 6.07) is 0. The molecule has 1 rings (SSSR count). The number of nitrogens with zero attached hydrogens (tertiary/aromatic N) is 1. The van der Waals surface area contributed by atoms with Gasteiger partial charge in [-0.1, -0.05) is 12.8 Å². The number of aromatic nitrogens is 3. The van der Waals surface area contributed by atoms with Gasteiger partial charge in [-0.25, -0.2) is 24.4 Å². The maximum Gasteiger partial charge on any atom is 0.344 e. The molecule has 0 amide bonds. The average Bonchev–Trinajstić information content (AvgIpc) is 2.48. The molecule has 0 bridgehead atoms. The number of aromatic amines is 2. The summed E-state index contributed by atoms with van der Waals surface area (Å²) in [4.78, 5) is 22.0. The Morgan fingerprint density at radius 1 is 1.00 bits per heavy atom. The van der Waals surface area contributed by atoms with Gasteiger partial charge < -0.3 is 5.73 Å². The van der Waals surface area contributed by atoms with Crippen LogP contribution in [0.2, 0.25) is 0 Å². The smallest absolute Gasteiger partial charge is 0.330 e. The van der Waals surface area contributed by atoms with Crippen LogP contribution in [0.1, 0.15) is 25.7 Å². The third-order valence-corrected chi connectivity index (χ3v) is 2.10. The topological polar surface area (TPSA) is 96.7 Å². The van der Waals surface area contributed by atoms with Crippen molar-refractivity contribution < 1.29 is 0 Å². The Bertz CT molecular complexity index is 334. The highest BCUT2D eigenvalue weighted by Crippen LogP contribution is 1.98. The maximum atomic E-state index is 11.0. The van der Waals surface area contributed by atoms with Gasteiger partial charge in [-0.3, -0.25) is 0 Å². The van der Waals surface area contributed by atoms with E-state index < -0.39 is 0 Å². The highest BCUT2D eigenvalue weighted by Gasteiger charge is 2.00. The van der Waals surface area contributed by atoms with E-state index in [0.717, 1.165) is 25.7 Å². The molecule has 0 spiro atoms. The van der Waals surface area contributed by atoms with Crippen LogP contribution >= 0.6 is 0 Å². The Hall–Kier alpha value is -1.30. The van der Waals surface area contributed by atoms with Crippen LogP contribution in [-0.4, -0.2) is 21.3 Å². The summed E-state index contributed by atoms with van der Waals surface area (Å²) in [5.74, 6) is 0. The number of hydrogen-bond donors (Lipinski definition) is 3. The van der Waals surface area contributed by atoms with E-state index in [1.54, 1.807) is 0 Å². The molecular formula is C8H16N4O2. The van der Waals surface area contributed by atoms with Crippen LogP contribution in [0.4, 0.5) is 0 Å². The molecular weight excluding hydrogens is 184 g/mol. The van der Waals surface area contributed by atoms with E-state index in [9.17, 15) is 9.59 Å². The van der Waals surface area contributed by atoms with Crippen molar-refractivity contribution in [1.82, 2.24) is 14.8 Å². The molecule has 0 aliphatic rings. The Kier molecular flexibility index (Phi) is 4.18. The minimum atomic E-state index is -0.367. The summed E-state index contributed by atoms with van der Waals surface area (Å²) in [6.07, 6.45) is 3.88. The minimum Gasteiger partial charge on any atom is -0.330 e. The molecule has 0 saturated carbocycles. The van der Waals surface area contributed by atoms with Gasteiger partial charge in [0.1, 0.15) is 0 Å². The summed E-state index contributed by atoms with van der Waals surface area (Å²) < 4.78 is 1.17. The van der Waals surface area contributed by atoms with Crippen LogP contribution in [-0.2, 0) is 6.54 Å². The molecule has 0 aliphatic heterocycles. The predicted molar refractivity (Wildman–Crippen MR) is 53.2 cm³/mol. The summed E-state index contributed by atoms with van der Waals surface area (Å²) in [7, 11) is 0. The lowest BCUT2D eigenvalue weighted by Crippen LogP contribution is -2.26. The SMILES string of the molecule is NCCCCCCn1c(=O)[nH][nH]c1=O. The van der Waals surface area contributed by atoms with Crippen molar-refractivity contribution in [2.75, 3.05) is 6.54 Å². The molecule has 0 saturated heterocycles. The Labute approximate surface area is 81.1 Å². The number of nitrogens with two attached hydrogens (primary N) is 1. The van der Waals surface area contributed by atoms with Crippen molar-refractivity contribution in [2.24, 2.45) is 5.73 Å². The van der Waals surface area contributed by atoms with Crippen LogP contribution in [0.5, 0.6) is 0 Å². The fraction of sp³-hybridized carbons (Fsp3) is 0.750. The van der Waals surface area contributed by atoms with Crippen molar-refractivity contribution in [1.29, 1.82) is 0 Å². The number of unbranched alkanes of at least 4 members (excludes halogenated alkanes) is 3. The Morgan fingerprint density at radius 3 is 2.14 bits per heavy atom. The number of hydrogen-bond acceptors (Lipinski definition) is 3. The van der Waals surface area contributed by atoms with Crippen molar-refractivity contribution in [2.45, 2.75) is 32.2 Å². The first-order valence-electron chi connectivity index (χ1n) is 4.83. The lowest BCUT2D eigenvalue weighted by atomic mass is 10.2. The molecule has 1 aromatic heterocycles. The molecule has 4 N–H and O–H groups in total. The normalized spacial score (nSPS) is 10.6. The molecule has 1 aromatic rings. The highest BCUT2D eigenvalue weighted by molar-refractivity contribution is 4.65. The van der Waals surface area contributed by atoms with Crippen molar-refractivity contribution >= 4 is 0 Å². The Morgan fingerprint density at radius 2 is 1.57 bits per heavy atom. The van der Waals surface area contributed by atoms with Gasteiger partial charge in [0.2, 0.25) is 0 Å². The fourth-order valence-corrected chi connectivity index (χ4v) is 1.31. The third kappa shape index (κ3) is 2.88. The van der Waals surface area contributed by atoms with Crippen molar-refractivity contribution in [3.63, 3.8) is 0 Å². The summed E-state index contributed by atoms with van der Waals surface area (Å²) in [6.45, 7) is 1.17. The largest absolute Gasteiger partial charge is 0.344 e. The molecule has 0 unspecified atom stereocenters. The zero-order chi connectivity index (χ0) is 10.4. The second-order valence-electron chi connectivity index (χ2n) is 3.21. The Balaban J connectivity index is 2.32. The molecule has 80 valence electrons. The van der Waals surface area contributed by atoms with E-state index in [0.29, 0.717) is 13.1 Å². The molecule has 0 aromatic carbocycles. The number of H-pyrrole nitrogens is 2. The fourth-order valence-electron chi connectivity index (χ4n) is 1.31. The van der Waals surface area contributed by atoms with Gasteiger partial charge in [0.25, 0.3) is 0 Å². The molecule has 6 heteroatoms. The monoisotopic (exact) mass is 200 g/mol. The van der Waals surface area contributed by atoms with Gasteiger partial charge in [-0.15, -0.1) is 0 Å². The standard InChI is InChI=1S/C8H16N4O2/c9-5-3-1-2-4-6-12-7(13)10-11-8(12)14/h1-6,9H2,(H,10,13)(H,11,14). The lowest BCUT2D eigenvalue weighted by Gasteiger charge is -1.99. The quantitative estimate of drug-likeness (QED) is 0.534. The van der Waals surface area contributed by atoms with Crippen molar-refractivity contribution in [3.05, 3.63) is 21.0 Å². The third-order valence-electron chi connectivity index (χ3n) is 2.10. The molecule has 6 nitrogen and oxygen atoms in total. The molecule has 0 radical (unpaired) electrons. The molecule has 1 heterocycles. The van der Waals surface area contributed by atoms with E-state index >= 15 is 0 Å². The van der Waals surface area contributed by atoms with Crippen LogP contribution in [0, 0.1) is 0 Å². The number of nitrogens with one attached hydrogen (secondary N) is 2. The van der Waals surface area contributed by atoms with E-state index in [1.807, 2.05) is 0 Å². The number of rotatable bonds is 6. The van der Waals surface area contributed by atoms with Gasteiger partial charge in [0.15, 0.2) is 0 Å².